The molecular weight excluding hydrogens is 465 g/mol. The number of hydrogen-bond acceptors (Lipinski definition) is 4. The molecule has 168 valence electrons. The van der Waals surface area contributed by atoms with Crippen molar-refractivity contribution in [1.82, 2.24) is 0 Å². The van der Waals surface area contributed by atoms with Gasteiger partial charge in [-0.3, -0.25) is 10.0 Å². The second kappa shape index (κ2) is 9.72. The molecule has 0 aliphatic carbocycles. The average molecular weight is 486 g/mol. The number of nitrogens with zero attached hydrogens (tertiary/aromatic N) is 3. The molecule has 0 bridgehead atoms. The Kier molecular flexibility index (Phi) is 6.35. The van der Waals surface area contributed by atoms with Gasteiger partial charge in [0.1, 0.15) is 5.75 Å². The Hall–Kier alpha value is -3.60. The molecule has 4 nitrogen and oxygen atoms in total. The van der Waals surface area contributed by atoms with E-state index >= 15 is 0 Å². The van der Waals surface area contributed by atoms with E-state index in [1.165, 1.54) is 11.6 Å². The van der Waals surface area contributed by atoms with Gasteiger partial charge in [-0.15, -0.1) is 0 Å². The molecule has 4 aromatic carbocycles. The molecule has 1 aliphatic heterocycles. The quantitative estimate of drug-likeness (QED) is 0.293. The van der Waals surface area contributed by atoms with Gasteiger partial charge in [-0.2, -0.15) is 5.10 Å². The lowest BCUT2D eigenvalue weighted by atomic mass is 9.98. The highest BCUT2D eigenvalue weighted by Gasteiger charge is 2.29. The largest absolute Gasteiger partial charge is 0.506 e. The van der Waals surface area contributed by atoms with Crippen molar-refractivity contribution in [3.8, 4) is 5.75 Å². The molecule has 0 fully saturated rings. The van der Waals surface area contributed by atoms with E-state index in [4.69, 9.17) is 28.3 Å². The van der Waals surface area contributed by atoms with Crippen LogP contribution in [-0.4, -0.2) is 17.0 Å². The summed E-state index contributed by atoms with van der Waals surface area (Å²) in [4.78, 5) is 4.54. The van der Waals surface area contributed by atoms with Crippen LogP contribution >= 0.6 is 23.2 Å². The van der Waals surface area contributed by atoms with E-state index in [9.17, 15) is 5.11 Å². The van der Waals surface area contributed by atoms with Crippen LogP contribution in [0.5, 0.6) is 5.75 Å². The van der Waals surface area contributed by atoms with E-state index in [1.54, 1.807) is 12.3 Å². The molecule has 0 saturated carbocycles. The number of aromatic hydroxyl groups is 1. The summed E-state index contributed by atoms with van der Waals surface area (Å²) in [7, 11) is 0. The summed E-state index contributed by atoms with van der Waals surface area (Å²) in [6.45, 7) is 0. The van der Waals surface area contributed by atoms with Gasteiger partial charge in [0, 0.05) is 23.2 Å². The first-order valence-electron chi connectivity index (χ1n) is 10.9. The van der Waals surface area contributed by atoms with Crippen LogP contribution < -0.4 is 5.01 Å². The second-order valence-corrected chi connectivity index (χ2v) is 8.84. The molecular formula is C28H21Cl2N3O. The number of aliphatic imine (C=N–C) groups is 1. The van der Waals surface area contributed by atoms with Gasteiger partial charge in [0.25, 0.3) is 0 Å². The van der Waals surface area contributed by atoms with Crippen LogP contribution in [0.4, 0.5) is 11.4 Å². The summed E-state index contributed by atoms with van der Waals surface area (Å²) in [6.07, 6.45) is 2.34. The molecule has 0 unspecified atom stereocenters. The fourth-order valence-corrected chi connectivity index (χ4v) is 4.54. The summed E-state index contributed by atoms with van der Waals surface area (Å²) in [5.41, 5.74) is 5.46. The van der Waals surface area contributed by atoms with Crippen LogP contribution in [0.2, 0.25) is 10.0 Å². The normalized spacial score (nSPS) is 15.6. The number of phenols is 1. The first-order valence-corrected chi connectivity index (χ1v) is 11.6. The zero-order valence-corrected chi connectivity index (χ0v) is 19.7. The lowest BCUT2D eigenvalue weighted by Gasteiger charge is -2.23. The highest BCUT2D eigenvalue weighted by molar-refractivity contribution is 6.36. The van der Waals surface area contributed by atoms with E-state index in [0.29, 0.717) is 10.6 Å². The molecule has 0 spiro atoms. The molecule has 5 rings (SSSR count). The Bertz CT molecular complexity index is 1370. The number of phenolic OH excluding ortho intramolecular Hbond substituents is 1. The van der Waals surface area contributed by atoms with Crippen molar-refractivity contribution < 1.29 is 5.11 Å². The Balaban J connectivity index is 1.46. The molecule has 1 N–H and O–H groups in total. The number of halogens is 2. The predicted molar refractivity (Wildman–Crippen MR) is 141 cm³/mol. The number of anilines is 1. The maximum atomic E-state index is 10.2. The third kappa shape index (κ3) is 4.69. The molecule has 6 heteroatoms. The molecule has 1 aliphatic rings. The lowest BCUT2D eigenvalue weighted by Crippen LogP contribution is -2.18. The summed E-state index contributed by atoms with van der Waals surface area (Å²) in [6, 6.07) is 31.8. The summed E-state index contributed by atoms with van der Waals surface area (Å²) in [5.74, 6) is -0.0460. The zero-order chi connectivity index (χ0) is 23.5. The van der Waals surface area contributed by atoms with Gasteiger partial charge >= 0.3 is 0 Å². The van der Waals surface area contributed by atoms with Gasteiger partial charge < -0.3 is 5.11 Å². The van der Waals surface area contributed by atoms with Crippen molar-refractivity contribution in [3.05, 3.63) is 124 Å². The van der Waals surface area contributed by atoms with E-state index in [2.05, 4.69) is 46.4 Å². The molecule has 1 atom stereocenters. The van der Waals surface area contributed by atoms with Crippen molar-refractivity contribution in [3.63, 3.8) is 0 Å². The maximum absolute atomic E-state index is 10.2. The van der Waals surface area contributed by atoms with Crippen LogP contribution in [0.25, 0.3) is 0 Å². The zero-order valence-electron chi connectivity index (χ0n) is 18.1. The Morgan fingerprint density at radius 3 is 2.38 bits per heavy atom. The fourth-order valence-electron chi connectivity index (χ4n) is 4.03. The smallest absolute Gasteiger partial charge is 0.143 e. The molecule has 34 heavy (non-hydrogen) atoms. The molecule has 0 aromatic heterocycles. The third-order valence-electron chi connectivity index (χ3n) is 5.71. The van der Waals surface area contributed by atoms with Crippen molar-refractivity contribution in [2.75, 3.05) is 5.01 Å². The summed E-state index contributed by atoms with van der Waals surface area (Å²) in [5, 5.41) is 17.9. The van der Waals surface area contributed by atoms with E-state index in [1.807, 2.05) is 48.5 Å². The highest BCUT2D eigenvalue weighted by atomic mass is 35.5. The number of para-hydroxylation sites is 1. The van der Waals surface area contributed by atoms with Crippen molar-refractivity contribution >= 4 is 46.5 Å². The standard InChI is InChI=1S/C28H21Cl2N3O/c29-22-14-21(28(34)25(30)16-22)18-31-23-11-7-10-20(15-23)26-17-27(19-8-3-1-4-9-19)33(32-26)24-12-5-2-6-13-24/h1-16,18,27,34H,17H2/t27-/m0/s1. The minimum Gasteiger partial charge on any atom is -0.506 e. The first-order chi connectivity index (χ1) is 16.6. The molecule has 4 aromatic rings. The third-order valence-corrected chi connectivity index (χ3v) is 6.21. The van der Waals surface area contributed by atoms with Gasteiger partial charge in [0.2, 0.25) is 0 Å². The average Bonchev–Trinajstić information content (AvgIpc) is 3.32. The van der Waals surface area contributed by atoms with Crippen molar-refractivity contribution in [2.24, 2.45) is 10.1 Å². The van der Waals surface area contributed by atoms with Gasteiger partial charge in [-0.25, -0.2) is 0 Å². The van der Waals surface area contributed by atoms with Crippen molar-refractivity contribution in [1.29, 1.82) is 0 Å². The van der Waals surface area contributed by atoms with Crippen LogP contribution in [0.15, 0.2) is 107 Å². The lowest BCUT2D eigenvalue weighted by molar-refractivity contribution is 0.475. The number of benzene rings is 4. The monoisotopic (exact) mass is 485 g/mol. The van der Waals surface area contributed by atoms with E-state index < -0.39 is 0 Å². The van der Waals surface area contributed by atoms with Crippen LogP contribution in [0.1, 0.15) is 29.2 Å². The second-order valence-electron chi connectivity index (χ2n) is 7.99. The minimum atomic E-state index is -0.0460. The first kappa shape index (κ1) is 22.2. The Morgan fingerprint density at radius 1 is 0.882 bits per heavy atom. The van der Waals surface area contributed by atoms with Crippen LogP contribution in [0.3, 0.4) is 0 Å². The summed E-state index contributed by atoms with van der Waals surface area (Å²) >= 11 is 12.1. The molecule has 1 heterocycles. The highest BCUT2D eigenvalue weighted by Crippen LogP contribution is 2.37. The Labute approximate surface area is 208 Å². The summed E-state index contributed by atoms with van der Waals surface area (Å²) < 4.78 is 0. The van der Waals surface area contributed by atoms with E-state index in [-0.39, 0.29) is 16.8 Å². The van der Waals surface area contributed by atoms with E-state index in [0.717, 1.165) is 29.1 Å². The minimum absolute atomic E-state index is 0.0460. The van der Waals surface area contributed by atoms with Crippen molar-refractivity contribution in [2.45, 2.75) is 12.5 Å². The maximum Gasteiger partial charge on any atom is 0.143 e. The van der Waals surface area contributed by atoms with Gasteiger partial charge in [0.15, 0.2) is 0 Å². The van der Waals surface area contributed by atoms with Crippen LogP contribution in [-0.2, 0) is 0 Å². The molecule has 0 radical (unpaired) electrons. The van der Waals surface area contributed by atoms with Gasteiger partial charge in [-0.05, 0) is 47.5 Å². The fraction of sp³-hybridized carbons (Fsp3) is 0.0714. The topological polar surface area (TPSA) is 48.2 Å². The molecule has 0 amide bonds. The Morgan fingerprint density at radius 2 is 1.62 bits per heavy atom. The predicted octanol–water partition coefficient (Wildman–Crippen LogP) is 7.81. The van der Waals surface area contributed by atoms with Gasteiger partial charge in [-0.1, -0.05) is 83.9 Å². The van der Waals surface area contributed by atoms with Gasteiger partial charge in [0.05, 0.1) is 28.2 Å². The number of hydrogen-bond donors (Lipinski definition) is 1. The number of rotatable bonds is 5. The number of hydrazone groups is 1. The SMILES string of the molecule is Oc1c(Cl)cc(Cl)cc1C=Nc1cccc(C2=NN(c3ccccc3)[C@H](c3ccccc3)C2)c1. The molecule has 0 saturated heterocycles. The van der Waals surface area contributed by atoms with Crippen LogP contribution in [0, 0.1) is 0 Å².